The second-order valence-corrected chi connectivity index (χ2v) is 7.53. The van der Waals surface area contributed by atoms with E-state index in [0.717, 1.165) is 14.0 Å². The van der Waals surface area contributed by atoms with Gasteiger partial charge in [-0.05, 0) is 53.3 Å². The molecule has 0 N–H and O–H groups in total. The number of hydrogen-bond acceptors (Lipinski definition) is 2. The summed E-state index contributed by atoms with van der Waals surface area (Å²) in [5.74, 6) is 0.0339. The fourth-order valence-corrected chi connectivity index (χ4v) is 3.31. The fourth-order valence-electron chi connectivity index (χ4n) is 1.79. The van der Waals surface area contributed by atoms with Crippen LogP contribution in [0.15, 0.2) is 35.7 Å². The van der Waals surface area contributed by atoms with Crippen LogP contribution in [0.2, 0.25) is 5.02 Å². The quantitative estimate of drug-likeness (QED) is 0.669. The first kappa shape index (κ1) is 14.8. The highest BCUT2D eigenvalue weighted by atomic mass is 127. The van der Waals surface area contributed by atoms with Crippen LogP contribution in [0, 0.1) is 2.88 Å². The first-order valence-electron chi connectivity index (χ1n) is 5.75. The van der Waals surface area contributed by atoms with Gasteiger partial charge in [-0.15, -0.1) is 11.3 Å². The third-order valence-corrected chi connectivity index (χ3v) is 5.07. The van der Waals surface area contributed by atoms with Gasteiger partial charge in [-0.3, -0.25) is 4.79 Å². The summed E-state index contributed by atoms with van der Waals surface area (Å²) in [5, 5.41) is 2.58. The van der Waals surface area contributed by atoms with Gasteiger partial charge in [0, 0.05) is 17.5 Å². The number of amides is 1. The highest BCUT2D eigenvalue weighted by molar-refractivity contribution is 14.1. The largest absolute Gasteiger partial charge is 0.335 e. The summed E-state index contributed by atoms with van der Waals surface area (Å²) >= 11 is 9.79. The first-order valence-corrected chi connectivity index (χ1v) is 8.09. The van der Waals surface area contributed by atoms with Crippen molar-refractivity contribution >= 4 is 51.4 Å². The van der Waals surface area contributed by atoms with E-state index in [-0.39, 0.29) is 11.9 Å². The normalized spacial score (nSPS) is 12.2. The molecule has 2 rings (SSSR count). The topological polar surface area (TPSA) is 20.3 Å². The molecule has 0 aliphatic carbocycles. The molecule has 0 aliphatic rings. The third-order valence-electron chi connectivity index (χ3n) is 3.05. The van der Waals surface area contributed by atoms with Crippen LogP contribution in [0.1, 0.15) is 28.9 Å². The van der Waals surface area contributed by atoms with E-state index in [1.807, 2.05) is 49.7 Å². The summed E-state index contributed by atoms with van der Waals surface area (Å²) in [5.41, 5.74) is 1.78. The van der Waals surface area contributed by atoms with Crippen molar-refractivity contribution in [2.75, 3.05) is 7.05 Å². The Hall–Kier alpha value is -0.590. The van der Waals surface area contributed by atoms with Gasteiger partial charge in [-0.25, -0.2) is 0 Å². The van der Waals surface area contributed by atoms with Crippen molar-refractivity contribution in [2.24, 2.45) is 0 Å². The van der Waals surface area contributed by atoms with Crippen LogP contribution in [-0.4, -0.2) is 17.9 Å². The summed E-state index contributed by atoms with van der Waals surface area (Å²) in [6.45, 7) is 2.00. The highest BCUT2D eigenvalue weighted by Crippen LogP contribution is 2.25. The van der Waals surface area contributed by atoms with E-state index in [9.17, 15) is 4.79 Å². The minimum atomic E-state index is -0.0104. The molecular formula is C14H13ClINOS. The number of rotatable bonds is 3. The number of carbonyl (C=O) groups is 1. The molecule has 0 fully saturated rings. The van der Waals surface area contributed by atoms with Gasteiger partial charge >= 0.3 is 0 Å². The number of carbonyl (C=O) groups excluding carboxylic acids is 1. The molecule has 1 aromatic heterocycles. The number of halogens is 2. The second-order valence-electron chi connectivity index (χ2n) is 4.29. The van der Waals surface area contributed by atoms with Gasteiger partial charge < -0.3 is 4.90 Å². The molecule has 0 aliphatic heterocycles. The molecule has 1 amide bonds. The van der Waals surface area contributed by atoms with Crippen LogP contribution in [-0.2, 0) is 0 Å². The lowest BCUT2D eigenvalue weighted by molar-refractivity contribution is 0.0743. The van der Waals surface area contributed by atoms with Crippen LogP contribution in [0.4, 0.5) is 0 Å². The zero-order valence-corrected chi connectivity index (χ0v) is 14.3. The zero-order chi connectivity index (χ0) is 14.0. The molecule has 1 atom stereocenters. The van der Waals surface area contributed by atoms with Crippen LogP contribution >= 0.6 is 45.5 Å². The standard InChI is InChI=1S/C14H13ClINOS/c1-9(10-4-3-5-12(15)6-10)17(2)14(18)11-7-13(16)19-8-11/h3-9H,1-2H3. The van der Waals surface area contributed by atoms with Crippen LogP contribution in [0.25, 0.3) is 0 Å². The van der Waals surface area contributed by atoms with Crippen molar-refractivity contribution in [3.8, 4) is 0 Å². The summed E-state index contributed by atoms with van der Waals surface area (Å²) < 4.78 is 1.12. The van der Waals surface area contributed by atoms with E-state index in [1.54, 1.807) is 16.2 Å². The zero-order valence-electron chi connectivity index (χ0n) is 10.6. The van der Waals surface area contributed by atoms with Gasteiger partial charge in [0.1, 0.15) is 0 Å². The number of thiophene rings is 1. The van der Waals surface area contributed by atoms with Crippen molar-refractivity contribution in [2.45, 2.75) is 13.0 Å². The van der Waals surface area contributed by atoms with Crippen molar-refractivity contribution in [1.82, 2.24) is 4.90 Å². The molecule has 2 aromatic rings. The highest BCUT2D eigenvalue weighted by Gasteiger charge is 2.19. The first-order chi connectivity index (χ1) is 8.99. The minimum absolute atomic E-state index is 0.0104. The molecule has 100 valence electrons. The van der Waals surface area contributed by atoms with Crippen molar-refractivity contribution < 1.29 is 4.79 Å². The van der Waals surface area contributed by atoms with Gasteiger partial charge in [0.2, 0.25) is 0 Å². The van der Waals surface area contributed by atoms with Crippen LogP contribution < -0.4 is 0 Å². The molecule has 0 radical (unpaired) electrons. The van der Waals surface area contributed by atoms with Crippen LogP contribution in [0.3, 0.4) is 0 Å². The van der Waals surface area contributed by atoms with Crippen molar-refractivity contribution in [3.05, 3.63) is 54.7 Å². The SMILES string of the molecule is CC(c1cccc(Cl)c1)N(C)C(=O)c1csc(I)c1. The Kier molecular flexibility index (Phi) is 4.86. The summed E-state index contributed by atoms with van der Waals surface area (Å²) in [6.07, 6.45) is 0. The average Bonchev–Trinajstić information content (AvgIpc) is 2.83. The van der Waals surface area contributed by atoms with Gasteiger partial charge in [0.05, 0.1) is 14.5 Å². The maximum atomic E-state index is 12.4. The van der Waals surface area contributed by atoms with Crippen molar-refractivity contribution in [3.63, 3.8) is 0 Å². The molecule has 5 heteroatoms. The maximum Gasteiger partial charge on any atom is 0.254 e. The van der Waals surface area contributed by atoms with Crippen molar-refractivity contribution in [1.29, 1.82) is 0 Å². The predicted octanol–water partition coefficient (Wildman–Crippen LogP) is 4.84. The van der Waals surface area contributed by atoms with Crippen LogP contribution in [0.5, 0.6) is 0 Å². The minimum Gasteiger partial charge on any atom is -0.335 e. The lowest BCUT2D eigenvalue weighted by atomic mass is 10.1. The molecule has 1 heterocycles. The van der Waals surface area contributed by atoms with E-state index in [4.69, 9.17) is 11.6 Å². The summed E-state index contributed by atoms with van der Waals surface area (Å²) in [4.78, 5) is 14.1. The summed E-state index contributed by atoms with van der Waals surface area (Å²) in [7, 11) is 1.82. The predicted molar refractivity (Wildman–Crippen MR) is 89.0 cm³/mol. The van der Waals surface area contributed by atoms with Gasteiger partial charge in [-0.2, -0.15) is 0 Å². The molecular weight excluding hydrogens is 393 g/mol. The Morgan fingerprint density at radius 3 is 2.74 bits per heavy atom. The maximum absolute atomic E-state index is 12.4. The molecule has 0 spiro atoms. The van der Waals surface area contributed by atoms with E-state index >= 15 is 0 Å². The number of hydrogen-bond donors (Lipinski definition) is 0. The lowest BCUT2D eigenvalue weighted by Gasteiger charge is -2.25. The fraction of sp³-hybridized carbons (Fsp3) is 0.214. The molecule has 0 saturated heterocycles. The average molecular weight is 406 g/mol. The Morgan fingerprint density at radius 2 is 2.16 bits per heavy atom. The van der Waals surface area contributed by atoms with E-state index in [1.165, 1.54) is 0 Å². The lowest BCUT2D eigenvalue weighted by Crippen LogP contribution is -2.29. The third kappa shape index (κ3) is 3.49. The Morgan fingerprint density at radius 1 is 1.42 bits per heavy atom. The molecule has 19 heavy (non-hydrogen) atoms. The molecule has 1 aromatic carbocycles. The Bertz CT molecular complexity index is 599. The molecule has 2 nitrogen and oxygen atoms in total. The van der Waals surface area contributed by atoms with Gasteiger partial charge in [0.25, 0.3) is 5.91 Å². The summed E-state index contributed by atoms with van der Waals surface area (Å²) in [6, 6.07) is 9.52. The van der Waals surface area contributed by atoms with E-state index < -0.39 is 0 Å². The Balaban J connectivity index is 2.19. The van der Waals surface area contributed by atoms with Gasteiger partial charge in [0.15, 0.2) is 0 Å². The van der Waals surface area contributed by atoms with E-state index in [2.05, 4.69) is 22.6 Å². The van der Waals surface area contributed by atoms with Gasteiger partial charge in [-0.1, -0.05) is 23.7 Å². The molecule has 0 saturated carbocycles. The number of nitrogens with zero attached hydrogens (tertiary/aromatic N) is 1. The van der Waals surface area contributed by atoms with E-state index in [0.29, 0.717) is 5.02 Å². The smallest absolute Gasteiger partial charge is 0.254 e. The Labute approximate surface area is 135 Å². The molecule has 0 bridgehead atoms. The second kappa shape index (κ2) is 6.24. The number of benzene rings is 1. The molecule has 1 unspecified atom stereocenters. The monoisotopic (exact) mass is 405 g/mol.